The zero-order valence-electron chi connectivity index (χ0n) is 11.2. The molecule has 1 heterocycles. The number of rotatable bonds is 8. The molecule has 98 valence electrons. The largest absolute Gasteiger partial charge is 0.303 e. The highest BCUT2D eigenvalue weighted by molar-refractivity contribution is 7.79. The number of nitrogens with zero attached hydrogens (tertiary/aromatic N) is 2. The van der Waals surface area contributed by atoms with Gasteiger partial charge in [-0.25, -0.2) is 4.98 Å². The molecule has 0 fully saturated rings. The van der Waals surface area contributed by atoms with Crippen LogP contribution in [0.3, 0.4) is 0 Å². The maximum absolute atomic E-state index is 4.75. The first-order valence-electron chi connectivity index (χ1n) is 6.55. The van der Waals surface area contributed by atoms with Crippen molar-refractivity contribution >= 4 is 24.0 Å². The van der Waals surface area contributed by atoms with Crippen LogP contribution in [0.1, 0.15) is 42.8 Å². The summed E-state index contributed by atoms with van der Waals surface area (Å²) in [5, 5.41) is 1.28. The summed E-state index contributed by atoms with van der Waals surface area (Å²) < 4.78 is 0. The van der Waals surface area contributed by atoms with Crippen LogP contribution in [-0.2, 0) is 18.6 Å². The summed E-state index contributed by atoms with van der Waals surface area (Å²) >= 11 is 6.24. The van der Waals surface area contributed by atoms with Crippen LogP contribution < -0.4 is 0 Å². The van der Waals surface area contributed by atoms with E-state index in [9.17, 15) is 0 Å². The molecule has 1 aromatic heterocycles. The Balaban J connectivity index is 2.59. The summed E-state index contributed by atoms with van der Waals surface area (Å²) in [4.78, 5) is 8.57. The average molecular weight is 272 g/mol. The van der Waals surface area contributed by atoms with Gasteiger partial charge in [0.25, 0.3) is 0 Å². The Morgan fingerprint density at radius 1 is 1.18 bits per heavy atom. The van der Waals surface area contributed by atoms with Crippen molar-refractivity contribution in [2.24, 2.45) is 0 Å². The van der Waals surface area contributed by atoms with Crippen molar-refractivity contribution in [1.82, 2.24) is 9.88 Å². The topological polar surface area (TPSA) is 16.1 Å². The smallest absolute Gasteiger partial charge is 0.0944 e. The molecule has 0 bridgehead atoms. The second-order valence-electron chi connectivity index (χ2n) is 4.16. The molecule has 0 saturated carbocycles. The zero-order valence-corrected chi connectivity index (χ0v) is 12.9. The fourth-order valence-corrected chi connectivity index (χ4v) is 3.23. The quantitative estimate of drug-likeness (QED) is 0.730. The van der Waals surface area contributed by atoms with Gasteiger partial charge in [-0.3, -0.25) is 0 Å². The van der Waals surface area contributed by atoms with Gasteiger partial charge in [0, 0.05) is 23.6 Å². The molecule has 4 heteroatoms. The number of aryl methyl sites for hydroxylation is 1. The van der Waals surface area contributed by atoms with E-state index >= 15 is 0 Å². The summed E-state index contributed by atoms with van der Waals surface area (Å²) in [6.07, 6.45) is 3.34. The van der Waals surface area contributed by atoms with E-state index in [4.69, 9.17) is 4.98 Å². The van der Waals surface area contributed by atoms with Crippen LogP contribution in [0.4, 0.5) is 0 Å². The molecule has 0 saturated heterocycles. The van der Waals surface area contributed by atoms with Gasteiger partial charge in [-0.15, -0.1) is 11.3 Å². The minimum atomic E-state index is 0.832. The van der Waals surface area contributed by atoms with Crippen LogP contribution in [0.5, 0.6) is 0 Å². The van der Waals surface area contributed by atoms with Gasteiger partial charge in [0.05, 0.1) is 10.7 Å². The third-order valence-corrected chi connectivity index (χ3v) is 4.68. The first-order chi connectivity index (χ1) is 8.24. The summed E-state index contributed by atoms with van der Waals surface area (Å²) in [6.45, 7) is 10.0. The molecule has 0 aliphatic rings. The molecule has 0 N–H and O–H groups in total. The Labute approximate surface area is 115 Å². The van der Waals surface area contributed by atoms with Gasteiger partial charge < -0.3 is 4.90 Å². The minimum Gasteiger partial charge on any atom is -0.303 e. The van der Waals surface area contributed by atoms with Crippen LogP contribution >= 0.6 is 24.0 Å². The first kappa shape index (κ1) is 15.0. The van der Waals surface area contributed by atoms with Crippen molar-refractivity contribution in [3.05, 3.63) is 15.6 Å². The number of hydrogen-bond donors (Lipinski definition) is 1. The molecule has 0 aromatic carbocycles. The fourth-order valence-electron chi connectivity index (χ4n) is 1.89. The van der Waals surface area contributed by atoms with Crippen LogP contribution in [0.15, 0.2) is 0 Å². The molecule has 2 nitrogen and oxygen atoms in total. The second-order valence-corrected chi connectivity index (χ2v) is 5.65. The predicted octanol–water partition coefficient (Wildman–Crippen LogP) is 3.41. The molecule has 0 atom stereocenters. The van der Waals surface area contributed by atoms with Gasteiger partial charge in [-0.05, 0) is 19.5 Å². The molecule has 0 unspecified atom stereocenters. The van der Waals surface area contributed by atoms with Gasteiger partial charge >= 0.3 is 0 Å². The monoisotopic (exact) mass is 272 g/mol. The maximum Gasteiger partial charge on any atom is 0.0944 e. The Bertz CT molecular complexity index is 319. The van der Waals surface area contributed by atoms with Crippen molar-refractivity contribution < 1.29 is 0 Å². The number of thiazole rings is 1. The fraction of sp³-hybridized carbons (Fsp3) is 0.769. The minimum absolute atomic E-state index is 0.832. The summed E-state index contributed by atoms with van der Waals surface area (Å²) in [6, 6.07) is 0. The Morgan fingerprint density at radius 2 is 1.88 bits per heavy atom. The van der Waals surface area contributed by atoms with E-state index in [0.717, 1.165) is 38.2 Å². The molecular weight excluding hydrogens is 248 g/mol. The van der Waals surface area contributed by atoms with E-state index in [1.54, 1.807) is 0 Å². The molecule has 1 rings (SSSR count). The van der Waals surface area contributed by atoms with Crippen molar-refractivity contribution in [3.8, 4) is 0 Å². The molecule has 1 aromatic rings. The van der Waals surface area contributed by atoms with Gasteiger partial charge in [0.15, 0.2) is 0 Å². The van der Waals surface area contributed by atoms with Gasteiger partial charge in [-0.2, -0.15) is 12.6 Å². The molecule has 0 amide bonds. The highest BCUT2D eigenvalue weighted by atomic mass is 32.1. The van der Waals surface area contributed by atoms with Gasteiger partial charge in [0.2, 0.25) is 0 Å². The molecule has 0 radical (unpaired) electrons. The average Bonchev–Trinajstić information content (AvgIpc) is 2.73. The van der Waals surface area contributed by atoms with Gasteiger partial charge in [0.1, 0.15) is 0 Å². The molecule has 0 aliphatic carbocycles. The summed E-state index contributed by atoms with van der Waals surface area (Å²) in [5.41, 5.74) is 1.28. The lowest BCUT2D eigenvalue weighted by Crippen LogP contribution is -2.25. The van der Waals surface area contributed by atoms with Crippen molar-refractivity contribution in [3.63, 3.8) is 0 Å². The Hall–Kier alpha value is -0.0600. The van der Waals surface area contributed by atoms with Crippen molar-refractivity contribution in [2.75, 3.05) is 19.6 Å². The Kier molecular flexibility index (Phi) is 7.16. The van der Waals surface area contributed by atoms with E-state index < -0.39 is 0 Å². The van der Waals surface area contributed by atoms with E-state index in [-0.39, 0.29) is 0 Å². The molecule has 0 aliphatic heterocycles. The van der Waals surface area contributed by atoms with Crippen LogP contribution in [-0.4, -0.2) is 29.5 Å². The summed E-state index contributed by atoms with van der Waals surface area (Å²) in [5.74, 6) is 0.832. The normalized spacial score (nSPS) is 11.4. The lowest BCUT2D eigenvalue weighted by Gasteiger charge is -2.16. The highest BCUT2D eigenvalue weighted by Crippen LogP contribution is 2.22. The van der Waals surface area contributed by atoms with Crippen LogP contribution in [0.2, 0.25) is 0 Å². The maximum atomic E-state index is 4.75. The van der Waals surface area contributed by atoms with Crippen LogP contribution in [0, 0.1) is 0 Å². The van der Waals surface area contributed by atoms with E-state index in [1.165, 1.54) is 22.0 Å². The standard InChI is InChI=1S/C13H24N2S2/c1-4-7-11-12(10-16)17-13(14-11)8-9-15(5-2)6-3/h16H,4-10H2,1-3H3. The van der Waals surface area contributed by atoms with E-state index in [0.29, 0.717) is 0 Å². The number of hydrogen-bond acceptors (Lipinski definition) is 4. The number of thiol groups is 1. The van der Waals surface area contributed by atoms with Crippen LogP contribution in [0.25, 0.3) is 0 Å². The van der Waals surface area contributed by atoms with Crippen molar-refractivity contribution in [2.45, 2.75) is 45.8 Å². The molecule has 0 spiro atoms. The third kappa shape index (κ3) is 4.60. The second kappa shape index (κ2) is 8.11. The highest BCUT2D eigenvalue weighted by Gasteiger charge is 2.10. The predicted molar refractivity (Wildman–Crippen MR) is 80.3 cm³/mol. The zero-order chi connectivity index (χ0) is 12.7. The lowest BCUT2D eigenvalue weighted by molar-refractivity contribution is 0.308. The summed E-state index contributed by atoms with van der Waals surface area (Å²) in [7, 11) is 0. The lowest BCUT2D eigenvalue weighted by atomic mass is 10.2. The Morgan fingerprint density at radius 3 is 2.41 bits per heavy atom. The SMILES string of the molecule is CCCc1nc(CCN(CC)CC)sc1CS. The molecular formula is C13H24N2S2. The first-order valence-corrected chi connectivity index (χ1v) is 8.00. The van der Waals surface area contributed by atoms with Gasteiger partial charge in [-0.1, -0.05) is 27.2 Å². The molecule has 17 heavy (non-hydrogen) atoms. The third-order valence-electron chi connectivity index (χ3n) is 2.99. The van der Waals surface area contributed by atoms with Crippen molar-refractivity contribution in [1.29, 1.82) is 0 Å². The van der Waals surface area contributed by atoms with E-state index in [2.05, 4.69) is 38.3 Å². The number of likely N-dealkylation sites (N-methyl/N-ethyl adjacent to an activating group) is 1. The number of aromatic nitrogens is 1. The van der Waals surface area contributed by atoms with E-state index in [1.807, 2.05) is 11.3 Å².